The number of carbonyl (C=O) groups excluding carboxylic acids is 3. The number of carbonyl (C=O) groups is 3. The summed E-state index contributed by atoms with van der Waals surface area (Å²) in [5.41, 5.74) is 0. The number of hydrogen-bond donors (Lipinski definition) is 0. The molecule has 6 heteroatoms. The van der Waals surface area contributed by atoms with Gasteiger partial charge in [0.25, 0.3) is 0 Å². The third-order valence-corrected chi connectivity index (χ3v) is 12.9. The molecular weight excluding hydrogens is 829 g/mol. The molecule has 0 radical (unpaired) electrons. The lowest BCUT2D eigenvalue weighted by molar-refractivity contribution is -0.167. The molecule has 67 heavy (non-hydrogen) atoms. The topological polar surface area (TPSA) is 78.9 Å². The smallest absolute Gasteiger partial charge is 0.306 e. The van der Waals surface area contributed by atoms with Gasteiger partial charge in [-0.05, 0) is 44.9 Å². The lowest BCUT2D eigenvalue weighted by atomic mass is 10.0. The van der Waals surface area contributed by atoms with E-state index in [9.17, 15) is 14.4 Å². The van der Waals surface area contributed by atoms with Gasteiger partial charge in [-0.25, -0.2) is 0 Å². The van der Waals surface area contributed by atoms with Gasteiger partial charge in [0.05, 0.1) is 0 Å². The second-order valence-corrected chi connectivity index (χ2v) is 19.7. The van der Waals surface area contributed by atoms with Crippen LogP contribution in [0.5, 0.6) is 0 Å². The summed E-state index contributed by atoms with van der Waals surface area (Å²) in [4.78, 5) is 38.1. The SMILES string of the molecule is CCCCC\C=C/C=C\C=C/C=C\CCCCCCCC(=O)OC(COC(=O)CCCCCCCCCCCCCC)COC(=O)CCCCCCCCCCCCCCCCCCCCC. The molecule has 0 bridgehead atoms. The van der Waals surface area contributed by atoms with Crippen LogP contribution in [0.25, 0.3) is 0 Å². The van der Waals surface area contributed by atoms with Crippen molar-refractivity contribution in [3.63, 3.8) is 0 Å². The molecule has 0 aliphatic rings. The van der Waals surface area contributed by atoms with Crippen molar-refractivity contribution in [1.29, 1.82) is 0 Å². The van der Waals surface area contributed by atoms with Crippen molar-refractivity contribution in [1.82, 2.24) is 0 Å². The van der Waals surface area contributed by atoms with Gasteiger partial charge >= 0.3 is 17.9 Å². The second kappa shape index (κ2) is 56.0. The zero-order valence-electron chi connectivity index (χ0n) is 44.7. The van der Waals surface area contributed by atoms with E-state index in [4.69, 9.17) is 14.2 Å². The summed E-state index contributed by atoms with van der Waals surface area (Å²) in [7, 11) is 0. The summed E-state index contributed by atoms with van der Waals surface area (Å²) < 4.78 is 16.9. The van der Waals surface area contributed by atoms with E-state index in [0.29, 0.717) is 19.3 Å². The third-order valence-electron chi connectivity index (χ3n) is 12.9. The molecular formula is C61H110O6. The highest BCUT2D eigenvalue weighted by Crippen LogP contribution is 2.17. The monoisotopic (exact) mass is 939 g/mol. The van der Waals surface area contributed by atoms with Crippen LogP contribution in [0.15, 0.2) is 48.6 Å². The van der Waals surface area contributed by atoms with Crippen molar-refractivity contribution < 1.29 is 28.6 Å². The number of ether oxygens (including phenoxy) is 3. The van der Waals surface area contributed by atoms with Gasteiger partial charge in [-0.15, -0.1) is 0 Å². The average Bonchev–Trinajstić information content (AvgIpc) is 3.33. The number of unbranched alkanes of at least 4 members (excludes halogenated alkanes) is 37. The molecule has 0 aromatic rings. The minimum Gasteiger partial charge on any atom is -0.462 e. The van der Waals surface area contributed by atoms with Gasteiger partial charge in [-0.3, -0.25) is 14.4 Å². The van der Waals surface area contributed by atoms with Crippen LogP contribution in [-0.4, -0.2) is 37.2 Å². The van der Waals surface area contributed by atoms with E-state index >= 15 is 0 Å². The standard InChI is InChI=1S/C61H110O6/c1-4-7-10-13-16-19-22-25-27-29-31-33-34-36-39-42-45-48-51-54-60(63)66-57-58(56-65-59(62)53-50-47-44-41-38-24-21-18-15-12-9-6-3)67-61(64)55-52-49-46-43-40-37-35-32-30-28-26-23-20-17-14-11-8-5-2/h17,20,23,26,28,30,32,35,58H,4-16,18-19,21-22,24-25,27,29,31,33-34,36-57H2,1-3H3/b20-17-,26-23-,30-28-,35-32-. The number of hydrogen-bond acceptors (Lipinski definition) is 6. The van der Waals surface area contributed by atoms with Gasteiger partial charge < -0.3 is 14.2 Å². The fourth-order valence-electron chi connectivity index (χ4n) is 8.52. The lowest BCUT2D eigenvalue weighted by Gasteiger charge is -2.18. The Balaban J connectivity index is 4.36. The van der Waals surface area contributed by atoms with Crippen molar-refractivity contribution in [2.24, 2.45) is 0 Å². The van der Waals surface area contributed by atoms with Crippen molar-refractivity contribution in [3.8, 4) is 0 Å². The minimum atomic E-state index is -0.782. The molecule has 0 saturated carbocycles. The molecule has 0 heterocycles. The first-order valence-electron chi connectivity index (χ1n) is 29.2. The van der Waals surface area contributed by atoms with Gasteiger partial charge in [0.2, 0.25) is 0 Å². The van der Waals surface area contributed by atoms with Gasteiger partial charge in [-0.2, -0.15) is 0 Å². The van der Waals surface area contributed by atoms with E-state index in [-0.39, 0.29) is 31.1 Å². The van der Waals surface area contributed by atoms with Crippen LogP contribution < -0.4 is 0 Å². The molecule has 0 rings (SSSR count). The molecule has 0 aromatic heterocycles. The van der Waals surface area contributed by atoms with E-state index in [2.05, 4.69) is 69.4 Å². The van der Waals surface area contributed by atoms with Crippen LogP contribution in [0.1, 0.15) is 303 Å². The number of allylic oxidation sites excluding steroid dienone is 8. The van der Waals surface area contributed by atoms with Crippen LogP contribution in [0.4, 0.5) is 0 Å². The highest BCUT2D eigenvalue weighted by atomic mass is 16.6. The molecule has 0 aromatic carbocycles. The molecule has 0 amide bonds. The average molecular weight is 940 g/mol. The first kappa shape index (κ1) is 64.4. The lowest BCUT2D eigenvalue weighted by Crippen LogP contribution is -2.30. The molecule has 0 aliphatic heterocycles. The van der Waals surface area contributed by atoms with E-state index in [1.54, 1.807) is 0 Å². The maximum Gasteiger partial charge on any atom is 0.306 e. The van der Waals surface area contributed by atoms with Crippen LogP contribution in [0.3, 0.4) is 0 Å². The van der Waals surface area contributed by atoms with Crippen LogP contribution in [0, 0.1) is 0 Å². The number of rotatable bonds is 53. The predicted octanol–water partition coefficient (Wildman–Crippen LogP) is 19.4. The molecule has 6 nitrogen and oxygen atoms in total. The maximum atomic E-state index is 12.8. The van der Waals surface area contributed by atoms with Gasteiger partial charge in [0, 0.05) is 19.3 Å². The predicted molar refractivity (Wildman–Crippen MR) is 289 cm³/mol. The van der Waals surface area contributed by atoms with E-state index < -0.39 is 6.10 Å². The van der Waals surface area contributed by atoms with Crippen LogP contribution in [-0.2, 0) is 28.6 Å². The molecule has 390 valence electrons. The molecule has 1 unspecified atom stereocenters. The van der Waals surface area contributed by atoms with Crippen molar-refractivity contribution in [3.05, 3.63) is 48.6 Å². The first-order valence-corrected chi connectivity index (χ1v) is 29.2. The summed E-state index contributed by atoms with van der Waals surface area (Å²) in [6.07, 6.45) is 68.1. The Kier molecular flexibility index (Phi) is 53.8. The Morgan fingerprint density at radius 2 is 0.537 bits per heavy atom. The van der Waals surface area contributed by atoms with Crippen molar-refractivity contribution in [2.45, 2.75) is 309 Å². The second-order valence-electron chi connectivity index (χ2n) is 19.7. The molecule has 0 fully saturated rings. The first-order chi connectivity index (χ1) is 33.0. The molecule has 0 aliphatic carbocycles. The minimum absolute atomic E-state index is 0.0786. The highest BCUT2D eigenvalue weighted by Gasteiger charge is 2.19. The van der Waals surface area contributed by atoms with E-state index in [1.165, 1.54) is 180 Å². The normalized spacial score (nSPS) is 12.3. The molecule has 0 N–H and O–H groups in total. The number of esters is 3. The third kappa shape index (κ3) is 54.2. The summed E-state index contributed by atoms with van der Waals surface area (Å²) in [5, 5.41) is 0. The van der Waals surface area contributed by atoms with Gasteiger partial charge in [0.1, 0.15) is 13.2 Å². The Bertz CT molecular complexity index is 1170. The van der Waals surface area contributed by atoms with Crippen molar-refractivity contribution in [2.75, 3.05) is 13.2 Å². The Morgan fingerprint density at radius 1 is 0.299 bits per heavy atom. The maximum absolute atomic E-state index is 12.8. The molecule has 1 atom stereocenters. The van der Waals surface area contributed by atoms with E-state index in [0.717, 1.165) is 83.5 Å². The fraction of sp³-hybridized carbons (Fsp3) is 0.820. The Morgan fingerprint density at radius 3 is 0.866 bits per heavy atom. The van der Waals surface area contributed by atoms with E-state index in [1.807, 2.05) is 0 Å². The largest absolute Gasteiger partial charge is 0.462 e. The summed E-state index contributed by atoms with van der Waals surface area (Å²) in [6, 6.07) is 0. The highest BCUT2D eigenvalue weighted by molar-refractivity contribution is 5.71. The quantitative estimate of drug-likeness (QED) is 0.0262. The zero-order valence-corrected chi connectivity index (χ0v) is 44.7. The Labute approximate surface area is 416 Å². The zero-order chi connectivity index (χ0) is 48.6. The van der Waals surface area contributed by atoms with Crippen LogP contribution in [0.2, 0.25) is 0 Å². The van der Waals surface area contributed by atoms with Crippen molar-refractivity contribution >= 4 is 17.9 Å². The van der Waals surface area contributed by atoms with Gasteiger partial charge in [0.15, 0.2) is 6.10 Å². The molecule has 0 spiro atoms. The summed E-state index contributed by atoms with van der Waals surface area (Å²) in [5.74, 6) is -0.885. The van der Waals surface area contributed by atoms with Crippen LogP contribution >= 0.6 is 0 Å². The van der Waals surface area contributed by atoms with Gasteiger partial charge in [-0.1, -0.05) is 288 Å². The molecule has 0 saturated heterocycles. The summed E-state index contributed by atoms with van der Waals surface area (Å²) >= 11 is 0. The Hall–Kier alpha value is -2.63. The fourth-order valence-corrected chi connectivity index (χ4v) is 8.52. The summed E-state index contributed by atoms with van der Waals surface area (Å²) in [6.45, 7) is 6.62.